The summed E-state index contributed by atoms with van der Waals surface area (Å²) < 4.78 is 0. The summed E-state index contributed by atoms with van der Waals surface area (Å²) in [5.41, 5.74) is 2.75. The summed E-state index contributed by atoms with van der Waals surface area (Å²) in [7, 11) is 0. The van der Waals surface area contributed by atoms with E-state index in [1.54, 1.807) is 36.4 Å². The smallest absolute Gasteiger partial charge is 0.872 e. The van der Waals surface area contributed by atoms with E-state index in [1.165, 1.54) is 24.6 Å². The van der Waals surface area contributed by atoms with Gasteiger partial charge in [-0.25, -0.2) is 0 Å². The first-order valence-electron chi connectivity index (χ1n) is 10.7. The van der Waals surface area contributed by atoms with Gasteiger partial charge in [-0.1, -0.05) is 60.0 Å². The Labute approximate surface area is 235 Å². The number of rotatable bonds is 6. The van der Waals surface area contributed by atoms with Crippen LogP contribution in [0.25, 0.3) is 0 Å². The van der Waals surface area contributed by atoms with E-state index in [1.807, 2.05) is 65.2 Å². The Hall–Kier alpha value is -2.27. The molecule has 2 saturated carbocycles. The van der Waals surface area contributed by atoms with Gasteiger partial charge in [-0.15, -0.1) is 0 Å². The first-order valence-corrected chi connectivity index (χ1v) is 10.7. The number of hydrogen-bond donors (Lipinski definition) is 0. The van der Waals surface area contributed by atoms with E-state index >= 15 is 0 Å². The van der Waals surface area contributed by atoms with Gasteiger partial charge >= 0.3 is 33.6 Å². The molecule has 2 aliphatic carbocycles. The van der Waals surface area contributed by atoms with Crippen molar-refractivity contribution in [3.8, 4) is 11.5 Å². The summed E-state index contributed by atoms with van der Waals surface area (Å²) in [6.45, 7) is 3.77. The Bertz CT molecular complexity index is 960. The standard InChI is InChI=1S/2C14H13N2O.Fe.Ni/c2*1-11(12-6-2-3-7-12)16-15-10-13-8-4-5-9-14(13)17;;/h2*2-10,17H,1H3;;/q;;2*+2/p-2/b2*15-10+,16-11+;;. The number of benzene rings is 2. The molecule has 184 valence electrons. The molecule has 36 heavy (non-hydrogen) atoms. The molecule has 4 rings (SSSR count). The molecular weight excluding hydrogens is 539 g/mol. The summed E-state index contributed by atoms with van der Waals surface area (Å²) in [6.07, 6.45) is 18.6. The fourth-order valence-corrected chi connectivity index (χ4v) is 2.88. The molecule has 2 aromatic rings. The van der Waals surface area contributed by atoms with Gasteiger partial charge in [0.25, 0.3) is 0 Å². The third-order valence-electron chi connectivity index (χ3n) is 4.81. The second-order valence-corrected chi connectivity index (χ2v) is 7.28. The van der Waals surface area contributed by atoms with Crippen molar-refractivity contribution in [3.63, 3.8) is 0 Å². The van der Waals surface area contributed by atoms with Crippen molar-refractivity contribution in [2.75, 3.05) is 0 Å². The molecule has 0 heterocycles. The third kappa shape index (κ3) is 10.4. The Morgan fingerprint density at radius 1 is 0.611 bits per heavy atom. The molecule has 0 amide bonds. The molecule has 0 spiro atoms. The minimum absolute atomic E-state index is 0. The van der Waals surface area contributed by atoms with Gasteiger partial charge in [0, 0.05) is 23.3 Å². The van der Waals surface area contributed by atoms with Gasteiger partial charge in [0.1, 0.15) is 0 Å². The predicted molar refractivity (Wildman–Crippen MR) is 134 cm³/mol. The molecule has 10 radical (unpaired) electrons. The molecule has 0 unspecified atom stereocenters. The van der Waals surface area contributed by atoms with Gasteiger partial charge in [-0.2, -0.15) is 20.4 Å². The Morgan fingerprint density at radius 2 is 0.944 bits per heavy atom. The fourth-order valence-electron chi connectivity index (χ4n) is 2.88. The van der Waals surface area contributed by atoms with E-state index in [4.69, 9.17) is 0 Å². The van der Waals surface area contributed by atoms with Crippen LogP contribution in [0.15, 0.2) is 68.9 Å². The summed E-state index contributed by atoms with van der Waals surface area (Å²) in [6, 6.07) is 13.5. The first-order chi connectivity index (χ1) is 16.5. The van der Waals surface area contributed by atoms with Crippen LogP contribution in [0, 0.1) is 63.2 Å². The van der Waals surface area contributed by atoms with E-state index in [-0.39, 0.29) is 45.1 Å². The molecule has 0 bridgehead atoms. The summed E-state index contributed by atoms with van der Waals surface area (Å²) >= 11 is 0. The zero-order valence-corrected chi connectivity index (χ0v) is 21.8. The van der Waals surface area contributed by atoms with Crippen LogP contribution in [0.2, 0.25) is 0 Å². The van der Waals surface area contributed by atoms with Gasteiger partial charge < -0.3 is 10.2 Å². The van der Waals surface area contributed by atoms with Crippen molar-refractivity contribution < 1.29 is 43.8 Å². The second kappa shape index (κ2) is 17.2. The molecule has 6 nitrogen and oxygen atoms in total. The first kappa shape index (κ1) is 31.8. The van der Waals surface area contributed by atoms with Gasteiger partial charge in [0.15, 0.2) is 0 Å². The van der Waals surface area contributed by atoms with Gasteiger partial charge in [-0.05, 0) is 76.3 Å². The number of para-hydroxylation sites is 2. The van der Waals surface area contributed by atoms with Crippen LogP contribution in [0.5, 0.6) is 11.5 Å². The van der Waals surface area contributed by atoms with Crippen LogP contribution in [-0.4, -0.2) is 23.9 Å². The fraction of sp³-hybridized carbons (Fsp3) is 0.0714. The maximum atomic E-state index is 11.4. The topological polar surface area (TPSA) is 95.6 Å². The third-order valence-corrected chi connectivity index (χ3v) is 4.81. The normalized spacial score (nSPS) is 17.1. The van der Waals surface area contributed by atoms with E-state index in [2.05, 4.69) is 20.4 Å². The molecule has 8 heteroatoms. The molecule has 0 saturated heterocycles. The van der Waals surface area contributed by atoms with Crippen LogP contribution in [0.4, 0.5) is 0 Å². The predicted octanol–water partition coefficient (Wildman–Crippen LogP) is 3.92. The van der Waals surface area contributed by atoms with Crippen LogP contribution in [0.1, 0.15) is 25.0 Å². The number of hydrogen-bond acceptors (Lipinski definition) is 6. The molecule has 0 aromatic heterocycles. The average molecular weight is 563 g/mol. The Morgan fingerprint density at radius 3 is 1.28 bits per heavy atom. The van der Waals surface area contributed by atoms with Crippen molar-refractivity contribution in [1.82, 2.24) is 0 Å². The van der Waals surface area contributed by atoms with Crippen LogP contribution < -0.4 is 10.2 Å². The summed E-state index contributed by atoms with van der Waals surface area (Å²) in [5, 5.41) is 38.7. The molecule has 0 N–H and O–H groups in total. The van der Waals surface area contributed by atoms with Crippen LogP contribution >= 0.6 is 0 Å². The van der Waals surface area contributed by atoms with E-state index in [0.717, 1.165) is 23.3 Å². The van der Waals surface area contributed by atoms with Crippen molar-refractivity contribution in [3.05, 3.63) is 123 Å². The molecule has 2 aliphatic rings. The number of nitrogens with zero attached hydrogens (tertiary/aromatic N) is 4. The van der Waals surface area contributed by atoms with Crippen LogP contribution in [-0.2, 0) is 33.6 Å². The van der Waals surface area contributed by atoms with Crippen molar-refractivity contribution in [1.29, 1.82) is 0 Å². The molecule has 0 atom stereocenters. The Kier molecular flexibility index (Phi) is 15.2. The molecule has 2 aromatic carbocycles. The maximum Gasteiger partial charge on any atom is 2.00 e. The second-order valence-electron chi connectivity index (χ2n) is 7.28. The maximum absolute atomic E-state index is 11.4. The minimum atomic E-state index is -0.0441. The molecular formula is C28H24FeN4NiO2+2. The van der Waals surface area contributed by atoms with E-state index < -0.39 is 0 Å². The summed E-state index contributed by atoms with van der Waals surface area (Å²) in [5.74, 6) is 1.99. The monoisotopic (exact) mass is 562 g/mol. The zero-order valence-electron chi connectivity index (χ0n) is 19.7. The average Bonchev–Trinajstić information content (AvgIpc) is 3.57. The van der Waals surface area contributed by atoms with Gasteiger partial charge in [0.2, 0.25) is 0 Å². The largest absolute Gasteiger partial charge is 2.00 e. The van der Waals surface area contributed by atoms with Gasteiger partial charge in [0.05, 0.1) is 12.4 Å². The SMILES string of the molecule is C/C(=N\N=C\c1ccccc1[O-])[C]1[CH][CH][CH][CH]1.C/C(=N\N=C\c1ccccc1[O-])[C]1[CH][CH][CH][CH]1.[Fe+2].[Ni+2]. The van der Waals surface area contributed by atoms with Crippen LogP contribution in [0.3, 0.4) is 0 Å². The van der Waals surface area contributed by atoms with E-state index in [0.29, 0.717) is 11.1 Å². The zero-order chi connectivity index (χ0) is 24.2. The van der Waals surface area contributed by atoms with Gasteiger partial charge in [-0.3, -0.25) is 0 Å². The Balaban J connectivity index is 0.000000341. The molecule has 0 aliphatic heterocycles. The van der Waals surface area contributed by atoms with Crippen molar-refractivity contribution >= 4 is 23.9 Å². The van der Waals surface area contributed by atoms with Crippen molar-refractivity contribution in [2.24, 2.45) is 20.4 Å². The molecule has 2 fully saturated rings. The summed E-state index contributed by atoms with van der Waals surface area (Å²) in [4.78, 5) is 0. The quantitative estimate of drug-likeness (QED) is 0.303. The minimum Gasteiger partial charge on any atom is -0.872 e. The van der Waals surface area contributed by atoms with E-state index in [9.17, 15) is 10.2 Å². The van der Waals surface area contributed by atoms with Crippen molar-refractivity contribution in [2.45, 2.75) is 13.8 Å².